The van der Waals surface area contributed by atoms with Crippen LogP contribution in [0.4, 0.5) is 17.8 Å². The smallest absolute Gasteiger partial charge is 0.232 e. The maximum Gasteiger partial charge on any atom is 0.232 e. The largest absolute Gasteiger partial charge is 0.493 e. The number of hydrogen-bond donors (Lipinski definition) is 2. The van der Waals surface area contributed by atoms with Crippen molar-refractivity contribution in [1.29, 1.82) is 0 Å². The van der Waals surface area contributed by atoms with Crippen LogP contribution in [0.3, 0.4) is 0 Å². The maximum absolute atomic E-state index is 10.1. The number of aliphatic hydroxyl groups excluding tert-OH is 1. The predicted molar refractivity (Wildman–Crippen MR) is 112 cm³/mol. The Morgan fingerprint density at radius 3 is 2.13 bits per heavy atom. The molecule has 3 aliphatic heterocycles. The highest BCUT2D eigenvalue weighted by molar-refractivity contribution is 5.51. The van der Waals surface area contributed by atoms with E-state index < -0.39 is 11.8 Å². The minimum absolute atomic E-state index is 0.199. The van der Waals surface area contributed by atoms with Crippen molar-refractivity contribution in [3.8, 4) is 11.5 Å². The van der Waals surface area contributed by atoms with Gasteiger partial charge in [-0.05, 0) is 12.1 Å². The summed E-state index contributed by atoms with van der Waals surface area (Å²) in [5.41, 5.74) is -0.0576. The fourth-order valence-corrected chi connectivity index (χ4v) is 3.38. The van der Waals surface area contributed by atoms with E-state index in [0.29, 0.717) is 29.3 Å². The summed E-state index contributed by atoms with van der Waals surface area (Å²) in [6, 6.07) is 5.49. The highest BCUT2D eigenvalue weighted by Gasteiger charge is 2.39. The van der Waals surface area contributed by atoms with Crippen molar-refractivity contribution in [2.24, 2.45) is 0 Å². The maximum atomic E-state index is 10.1. The fourth-order valence-electron chi connectivity index (χ4n) is 3.38. The van der Waals surface area contributed by atoms with Crippen LogP contribution >= 0.6 is 0 Å². The molecule has 0 aliphatic carbocycles. The molecule has 2 N–H and O–H groups in total. The topological polar surface area (TPSA) is 114 Å². The van der Waals surface area contributed by atoms with Crippen molar-refractivity contribution in [3.63, 3.8) is 0 Å². The van der Waals surface area contributed by atoms with Crippen LogP contribution in [0.2, 0.25) is 0 Å². The first-order valence-electron chi connectivity index (χ1n) is 10.2. The molecule has 11 heteroatoms. The summed E-state index contributed by atoms with van der Waals surface area (Å²) in [4.78, 5) is 17.7. The molecule has 0 saturated carbocycles. The molecule has 3 saturated heterocycles. The van der Waals surface area contributed by atoms with Gasteiger partial charge in [0.25, 0.3) is 0 Å². The van der Waals surface area contributed by atoms with Crippen LogP contribution in [0.25, 0.3) is 0 Å². The molecular formula is C20H26N6O5. The number of methoxy groups -OCH3 is 2. The van der Waals surface area contributed by atoms with Crippen molar-refractivity contribution in [2.45, 2.75) is 11.8 Å². The van der Waals surface area contributed by atoms with E-state index in [9.17, 15) is 5.11 Å². The van der Waals surface area contributed by atoms with Gasteiger partial charge in [0.05, 0.1) is 34.0 Å². The molecule has 0 amide bonds. The highest BCUT2D eigenvalue weighted by atomic mass is 16.7. The quantitative estimate of drug-likeness (QED) is 0.568. The van der Waals surface area contributed by atoms with Gasteiger partial charge in [0.15, 0.2) is 17.8 Å². The summed E-state index contributed by atoms with van der Waals surface area (Å²) in [6.45, 7) is 3.98. The monoisotopic (exact) mass is 430 g/mol. The van der Waals surface area contributed by atoms with E-state index >= 15 is 0 Å². The number of benzene rings is 1. The van der Waals surface area contributed by atoms with Crippen LogP contribution in [0, 0.1) is 0 Å². The number of rotatable bonds is 8. The molecule has 0 radical (unpaired) electrons. The molecule has 3 aliphatic rings. The van der Waals surface area contributed by atoms with E-state index in [0.717, 1.165) is 31.7 Å². The summed E-state index contributed by atoms with van der Waals surface area (Å²) in [6.07, 6.45) is -0.582. The summed E-state index contributed by atoms with van der Waals surface area (Å²) >= 11 is 0. The second kappa shape index (κ2) is 7.98. The van der Waals surface area contributed by atoms with E-state index in [1.807, 2.05) is 12.1 Å². The standard InChI is InChI=1S/C20H26N6O5/c1-28-14-4-3-13(9-15(14)29-2)16-30-11-20(10-27,12-31-16)24-17-21-18(25-5-6-25)23-19(22-17)26-7-8-26/h3-4,9,16,27H,5-8,10-12H2,1-2H3,(H,21,22,23,24). The molecule has 31 heavy (non-hydrogen) atoms. The van der Waals surface area contributed by atoms with Crippen LogP contribution in [0.15, 0.2) is 18.2 Å². The van der Waals surface area contributed by atoms with Gasteiger partial charge in [0, 0.05) is 31.7 Å². The van der Waals surface area contributed by atoms with Gasteiger partial charge in [-0.1, -0.05) is 6.07 Å². The SMILES string of the molecule is COc1ccc(C2OCC(CO)(Nc3nc(N4CC4)nc(N4CC4)n3)CO2)cc1OC. The number of ether oxygens (including phenoxy) is 4. The number of nitrogens with zero attached hydrogens (tertiary/aromatic N) is 5. The molecule has 0 bridgehead atoms. The lowest BCUT2D eigenvalue weighted by Gasteiger charge is -2.39. The third-order valence-corrected chi connectivity index (χ3v) is 5.45. The molecule has 0 spiro atoms. The van der Waals surface area contributed by atoms with Gasteiger partial charge >= 0.3 is 0 Å². The van der Waals surface area contributed by atoms with E-state index in [4.69, 9.17) is 18.9 Å². The van der Waals surface area contributed by atoms with E-state index in [1.54, 1.807) is 20.3 Å². The molecule has 0 atom stereocenters. The molecule has 1 aromatic carbocycles. The van der Waals surface area contributed by atoms with Crippen molar-refractivity contribution >= 4 is 17.8 Å². The average Bonchev–Trinajstić information content (AvgIpc) is 3.72. The Hall–Kier alpha value is -2.89. The van der Waals surface area contributed by atoms with Gasteiger partial charge in [-0.3, -0.25) is 0 Å². The number of anilines is 3. The molecule has 5 rings (SSSR count). The van der Waals surface area contributed by atoms with Crippen LogP contribution in [0.5, 0.6) is 11.5 Å². The zero-order chi connectivity index (χ0) is 21.4. The van der Waals surface area contributed by atoms with Crippen molar-refractivity contribution < 1.29 is 24.1 Å². The Morgan fingerprint density at radius 2 is 1.61 bits per heavy atom. The Balaban J connectivity index is 1.31. The highest BCUT2D eigenvalue weighted by Crippen LogP contribution is 2.35. The zero-order valence-electron chi connectivity index (χ0n) is 17.6. The summed E-state index contributed by atoms with van der Waals surface area (Å²) in [7, 11) is 3.17. The Morgan fingerprint density at radius 1 is 1.00 bits per heavy atom. The first-order chi connectivity index (χ1) is 15.1. The Bertz CT molecular complexity index is 913. The van der Waals surface area contributed by atoms with Crippen molar-refractivity contribution in [2.75, 3.05) is 75.3 Å². The average molecular weight is 430 g/mol. The van der Waals surface area contributed by atoms with Crippen LogP contribution < -0.4 is 24.6 Å². The normalized spacial score (nSPS) is 24.7. The predicted octanol–water partition coefficient (Wildman–Crippen LogP) is 0.417. The Kier molecular flexibility index (Phi) is 5.16. The summed E-state index contributed by atoms with van der Waals surface area (Å²) in [5, 5.41) is 13.4. The number of aromatic nitrogens is 3. The van der Waals surface area contributed by atoms with Crippen molar-refractivity contribution in [3.05, 3.63) is 23.8 Å². The lowest BCUT2D eigenvalue weighted by atomic mass is 10.0. The van der Waals surface area contributed by atoms with E-state index in [2.05, 4.69) is 30.1 Å². The number of aliphatic hydroxyl groups is 1. The van der Waals surface area contributed by atoms with Gasteiger partial charge in [0.2, 0.25) is 17.8 Å². The number of hydrogen-bond acceptors (Lipinski definition) is 11. The number of nitrogens with one attached hydrogen (secondary N) is 1. The fraction of sp³-hybridized carbons (Fsp3) is 0.550. The molecule has 166 valence electrons. The minimum Gasteiger partial charge on any atom is -0.493 e. The lowest BCUT2D eigenvalue weighted by molar-refractivity contribution is -0.212. The van der Waals surface area contributed by atoms with Crippen LogP contribution in [-0.4, -0.2) is 85.8 Å². The summed E-state index contributed by atoms with van der Waals surface area (Å²) < 4.78 is 22.6. The molecule has 1 aromatic heterocycles. The zero-order valence-corrected chi connectivity index (χ0v) is 17.6. The molecule has 4 heterocycles. The minimum atomic E-state index is -0.860. The third-order valence-electron chi connectivity index (χ3n) is 5.45. The van der Waals surface area contributed by atoms with Gasteiger partial charge in [-0.2, -0.15) is 15.0 Å². The van der Waals surface area contributed by atoms with Gasteiger partial charge in [-0.15, -0.1) is 0 Å². The second-order valence-corrected chi connectivity index (χ2v) is 7.86. The molecular weight excluding hydrogens is 404 g/mol. The first-order valence-corrected chi connectivity index (χ1v) is 10.2. The van der Waals surface area contributed by atoms with E-state index in [1.165, 1.54) is 0 Å². The summed E-state index contributed by atoms with van der Waals surface area (Å²) in [5.74, 6) is 2.93. The molecule has 0 unspecified atom stereocenters. The third kappa shape index (κ3) is 4.16. The molecule has 11 nitrogen and oxygen atoms in total. The Labute approximate surface area is 179 Å². The molecule has 2 aromatic rings. The lowest BCUT2D eigenvalue weighted by Crippen LogP contribution is -2.54. The second-order valence-electron chi connectivity index (χ2n) is 7.86. The van der Waals surface area contributed by atoms with E-state index in [-0.39, 0.29) is 19.8 Å². The van der Waals surface area contributed by atoms with Crippen LogP contribution in [0.1, 0.15) is 11.9 Å². The van der Waals surface area contributed by atoms with Gasteiger partial charge < -0.3 is 39.2 Å². The molecule has 3 fully saturated rings. The van der Waals surface area contributed by atoms with Crippen molar-refractivity contribution in [1.82, 2.24) is 15.0 Å². The van der Waals surface area contributed by atoms with Gasteiger partial charge in [0.1, 0.15) is 5.54 Å². The first kappa shape index (κ1) is 20.0. The van der Waals surface area contributed by atoms with Crippen LogP contribution in [-0.2, 0) is 9.47 Å². The van der Waals surface area contributed by atoms with Gasteiger partial charge in [-0.25, -0.2) is 0 Å².